The molecule has 0 amide bonds. The standard InChI is InChI=1S/C13H16N2O3S/c1-7-5-9(16-2)10(8-6-19-13(14)15-8)12(18-4)11(7)17-3/h5-6H,1-4H3,(H2,14,15). The lowest BCUT2D eigenvalue weighted by Gasteiger charge is -2.17. The van der Waals surface area contributed by atoms with E-state index < -0.39 is 0 Å². The Morgan fingerprint density at radius 1 is 1.11 bits per heavy atom. The maximum Gasteiger partial charge on any atom is 0.180 e. The lowest BCUT2D eigenvalue weighted by molar-refractivity contribution is 0.348. The second-order valence-electron chi connectivity index (χ2n) is 3.91. The van der Waals surface area contributed by atoms with Crippen LogP contribution in [0.5, 0.6) is 17.2 Å². The van der Waals surface area contributed by atoms with Gasteiger partial charge in [-0.15, -0.1) is 11.3 Å². The quantitative estimate of drug-likeness (QED) is 0.932. The number of benzene rings is 1. The average molecular weight is 280 g/mol. The zero-order valence-electron chi connectivity index (χ0n) is 11.3. The summed E-state index contributed by atoms with van der Waals surface area (Å²) in [4.78, 5) is 4.28. The summed E-state index contributed by atoms with van der Waals surface area (Å²) in [5.41, 5.74) is 8.09. The van der Waals surface area contributed by atoms with Gasteiger partial charge in [-0.05, 0) is 18.6 Å². The first-order valence-electron chi connectivity index (χ1n) is 5.63. The number of thiazole rings is 1. The number of nitrogens with zero attached hydrogens (tertiary/aromatic N) is 1. The zero-order valence-corrected chi connectivity index (χ0v) is 12.1. The molecule has 1 aromatic carbocycles. The molecule has 6 heteroatoms. The Morgan fingerprint density at radius 2 is 1.79 bits per heavy atom. The number of hydrogen-bond donors (Lipinski definition) is 1. The van der Waals surface area contributed by atoms with Gasteiger partial charge in [-0.1, -0.05) is 0 Å². The topological polar surface area (TPSA) is 66.6 Å². The van der Waals surface area contributed by atoms with Gasteiger partial charge in [0.25, 0.3) is 0 Å². The highest BCUT2D eigenvalue weighted by Crippen LogP contribution is 2.46. The minimum atomic E-state index is 0.499. The number of hydrogen-bond acceptors (Lipinski definition) is 6. The molecule has 1 aromatic heterocycles. The number of methoxy groups -OCH3 is 3. The summed E-state index contributed by atoms with van der Waals surface area (Å²) in [6, 6.07) is 1.90. The molecule has 0 radical (unpaired) electrons. The number of anilines is 1. The minimum Gasteiger partial charge on any atom is -0.496 e. The van der Waals surface area contributed by atoms with Crippen LogP contribution < -0.4 is 19.9 Å². The van der Waals surface area contributed by atoms with E-state index in [1.807, 2.05) is 18.4 Å². The lowest BCUT2D eigenvalue weighted by atomic mass is 10.1. The van der Waals surface area contributed by atoms with Crippen LogP contribution in [0, 0.1) is 6.92 Å². The maximum atomic E-state index is 5.69. The van der Waals surface area contributed by atoms with Crippen LogP contribution in [0.25, 0.3) is 11.3 Å². The number of aromatic nitrogens is 1. The predicted molar refractivity (Wildman–Crippen MR) is 76.4 cm³/mol. The molecule has 102 valence electrons. The van der Waals surface area contributed by atoms with Crippen LogP contribution in [0.4, 0.5) is 5.13 Å². The molecular weight excluding hydrogens is 264 g/mol. The molecule has 0 unspecified atom stereocenters. The van der Waals surface area contributed by atoms with Crippen molar-refractivity contribution >= 4 is 16.5 Å². The summed E-state index contributed by atoms with van der Waals surface area (Å²) in [7, 11) is 4.81. The summed E-state index contributed by atoms with van der Waals surface area (Å²) in [5, 5.41) is 2.36. The van der Waals surface area contributed by atoms with Gasteiger partial charge in [0.05, 0.1) is 32.6 Å². The SMILES string of the molecule is COc1cc(C)c(OC)c(OC)c1-c1csc(N)n1. The molecule has 2 rings (SSSR count). The highest BCUT2D eigenvalue weighted by atomic mass is 32.1. The molecule has 0 aliphatic carbocycles. The van der Waals surface area contributed by atoms with Gasteiger partial charge in [-0.25, -0.2) is 4.98 Å². The van der Waals surface area contributed by atoms with Gasteiger partial charge >= 0.3 is 0 Å². The second kappa shape index (κ2) is 5.36. The summed E-state index contributed by atoms with van der Waals surface area (Å²) in [5.74, 6) is 1.95. The van der Waals surface area contributed by atoms with Gasteiger partial charge in [0.15, 0.2) is 16.6 Å². The van der Waals surface area contributed by atoms with Crippen molar-refractivity contribution in [3.63, 3.8) is 0 Å². The molecule has 0 saturated carbocycles. The fraction of sp³-hybridized carbons (Fsp3) is 0.308. The summed E-state index contributed by atoms with van der Waals surface area (Å²) < 4.78 is 16.3. The van der Waals surface area contributed by atoms with Crippen molar-refractivity contribution in [3.05, 3.63) is 17.0 Å². The number of rotatable bonds is 4. The fourth-order valence-electron chi connectivity index (χ4n) is 1.99. The van der Waals surface area contributed by atoms with Crippen molar-refractivity contribution in [1.29, 1.82) is 0 Å². The molecule has 2 N–H and O–H groups in total. The fourth-order valence-corrected chi connectivity index (χ4v) is 2.55. The van der Waals surface area contributed by atoms with E-state index in [0.29, 0.717) is 22.4 Å². The third kappa shape index (κ3) is 2.31. The van der Waals surface area contributed by atoms with Crippen LogP contribution >= 0.6 is 11.3 Å². The zero-order chi connectivity index (χ0) is 14.0. The largest absolute Gasteiger partial charge is 0.496 e. The van der Waals surface area contributed by atoms with Crippen molar-refractivity contribution in [2.24, 2.45) is 0 Å². The number of ether oxygens (including phenoxy) is 3. The van der Waals surface area contributed by atoms with Gasteiger partial charge < -0.3 is 19.9 Å². The van der Waals surface area contributed by atoms with E-state index in [1.165, 1.54) is 11.3 Å². The van der Waals surface area contributed by atoms with E-state index in [2.05, 4.69) is 4.98 Å². The summed E-state index contributed by atoms with van der Waals surface area (Å²) in [6.07, 6.45) is 0. The van der Waals surface area contributed by atoms with Crippen LogP contribution in [0.2, 0.25) is 0 Å². The van der Waals surface area contributed by atoms with Gasteiger partial charge in [0, 0.05) is 5.38 Å². The predicted octanol–water partition coefficient (Wildman–Crippen LogP) is 2.73. The monoisotopic (exact) mass is 280 g/mol. The van der Waals surface area contributed by atoms with Gasteiger partial charge in [-0.3, -0.25) is 0 Å². The third-order valence-corrected chi connectivity index (χ3v) is 3.47. The molecule has 0 bridgehead atoms. The first-order chi connectivity index (χ1) is 9.12. The van der Waals surface area contributed by atoms with Gasteiger partial charge in [0.2, 0.25) is 0 Å². The lowest BCUT2D eigenvalue weighted by Crippen LogP contribution is -1.99. The Hall–Kier alpha value is -1.95. The molecule has 0 aliphatic rings. The van der Waals surface area contributed by atoms with Crippen LogP contribution in [0.15, 0.2) is 11.4 Å². The first kappa shape index (κ1) is 13.5. The molecule has 0 fully saturated rings. The van der Waals surface area contributed by atoms with Gasteiger partial charge in [0.1, 0.15) is 5.75 Å². The van der Waals surface area contributed by atoms with Crippen molar-refractivity contribution in [3.8, 4) is 28.5 Å². The van der Waals surface area contributed by atoms with E-state index in [9.17, 15) is 0 Å². The molecule has 2 aromatic rings. The minimum absolute atomic E-state index is 0.499. The summed E-state index contributed by atoms with van der Waals surface area (Å²) in [6.45, 7) is 1.93. The maximum absolute atomic E-state index is 5.69. The first-order valence-corrected chi connectivity index (χ1v) is 6.51. The Balaban J connectivity index is 2.75. The van der Waals surface area contributed by atoms with Crippen LogP contribution in [0.1, 0.15) is 5.56 Å². The van der Waals surface area contributed by atoms with Crippen molar-refractivity contribution in [1.82, 2.24) is 4.98 Å². The van der Waals surface area contributed by atoms with Crippen molar-refractivity contribution in [2.75, 3.05) is 27.1 Å². The number of nitrogen functional groups attached to an aromatic ring is 1. The third-order valence-electron chi connectivity index (χ3n) is 2.79. The van der Waals surface area contributed by atoms with E-state index in [-0.39, 0.29) is 0 Å². The Bertz CT molecular complexity index is 596. The molecule has 1 heterocycles. The highest BCUT2D eigenvalue weighted by Gasteiger charge is 2.21. The molecule has 19 heavy (non-hydrogen) atoms. The van der Waals surface area contributed by atoms with E-state index in [1.54, 1.807) is 21.3 Å². The molecule has 0 saturated heterocycles. The Labute approximate surface area is 115 Å². The highest BCUT2D eigenvalue weighted by molar-refractivity contribution is 7.13. The molecule has 0 atom stereocenters. The Kier molecular flexibility index (Phi) is 3.80. The summed E-state index contributed by atoms with van der Waals surface area (Å²) >= 11 is 1.37. The van der Waals surface area contributed by atoms with E-state index in [0.717, 1.165) is 16.8 Å². The van der Waals surface area contributed by atoms with E-state index >= 15 is 0 Å². The van der Waals surface area contributed by atoms with Crippen LogP contribution in [0.3, 0.4) is 0 Å². The molecule has 0 spiro atoms. The molecule has 5 nitrogen and oxygen atoms in total. The number of nitrogens with two attached hydrogens (primary N) is 1. The molecule has 0 aliphatic heterocycles. The Morgan fingerprint density at radius 3 is 2.26 bits per heavy atom. The van der Waals surface area contributed by atoms with E-state index in [4.69, 9.17) is 19.9 Å². The van der Waals surface area contributed by atoms with Crippen molar-refractivity contribution < 1.29 is 14.2 Å². The average Bonchev–Trinajstić information content (AvgIpc) is 2.83. The van der Waals surface area contributed by atoms with Crippen LogP contribution in [-0.2, 0) is 0 Å². The molecular formula is C13H16N2O3S. The van der Waals surface area contributed by atoms with Gasteiger partial charge in [-0.2, -0.15) is 0 Å². The smallest absolute Gasteiger partial charge is 0.180 e. The second-order valence-corrected chi connectivity index (χ2v) is 4.80. The number of aryl methyl sites for hydroxylation is 1. The normalized spacial score (nSPS) is 10.3. The van der Waals surface area contributed by atoms with Crippen LogP contribution in [-0.4, -0.2) is 26.3 Å². The van der Waals surface area contributed by atoms with Crippen molar-refractivity contribution in [2.45, 2.75) is 6.92 Å².